The zero-order valence-corrected chi connectivity index (χ0v) is 11.2. The lowest BCUT2D eigenvalue weighted by Crippen LogP contribution is -2.24. The number of carbonyl (C=O) groups excluding carboxylic acids is 2. The third-order valence-corrected chi connectivity index (χ3v) is 2.40. The van der Waals surface area contributed by atoms with Gasteiger partial charge in [-0.15, -0.1) is 0 Å². The molecule has 0 N–H and O–H groups in total. The highest BCUT2D eigenvalue weighted by Gasteiger charge is 2.22. The van der Waals surface area contributed by atoms with E-state index in [9.17, 15) is 9.59 Å². The summed E-state index contributed by atoms with van der Waals surface area (Å²) in [5.74, 6) is -0.607. The summed E-state index contributed by atoms with van der Waals surface area (Å²) in [6.45, 7) is 5.23. The summed E-state index contributed by atoms with van der Waals surface area (Å²) in [5, 5.41) is 0.211. The molecule has 1 aromatic carbocycles. The van der Waals surface area contributed by atoms with Crippen LogP contribution >= 0.6 is 23.2 Å². The molecule has 0 unspecified atom stereocenters. The van der Waals surface area contributed by atoms with Crippen molar-refractivity contribution in [2.45, 2.75) is 26.4 Å². The molecule has 0 fully saturated rings. The van der Waals surface area contributed by atoms with Gasteiger partial charge in [0.25, 0.3) is 0 Å². The highest BCUT2D eigenvalue weighted by atomic mass is 35.5. The summed E-state index contributed by atoms with van der Waals surface area (Å²) >= 11 is 11.8. The second kappa shape index (κ2) is 5.07. The van der Waals surface area contributed by atoms with Crippen molar-refractivity contribution in [2.75, 3.05) is 0 Å². The molecule has 0 bridgehead atoms. The molecule has 3 nitrogen and oxygen atoms in total. The Balaban J connectivity index is 3.15. The fraction of sp³-hybridized carbons (Fsp3) is 0.333. The second-order valence-corrected chi connectivity index (χ2v) is 5.29. The van der Waals surface area contributed by atoms with Gasteiger partial charge in [-0.05, 0) is 32.9 Å². The van der Waals surface area contributed by atoms with E-state index in [2.05, 4.69) is 0 Å². The van der Waals surface area contributed by atoms with Gasteiger partial charge in [-0.3, -0.25) is 4.79 Å². The number of ether oxygens (including phenoxy) is 1. The first-order chi connectivity index (χ1) is 7.74. The van der Waals surface area contributed by atoms with Crippen molar-refractivity contribution in [3.8, 4) is 0 Å². The molecule has 0 aliphatic carbocycles. The number of hydrogen-bond donors (Lipinski definition) is 0. The third kappa shape index (κ3) is 3.72. The van der Waals surface area contributed by atoms with E-state index in [0.717, 1.165) is 0 Å². The second-order valence-electron chi connectivity index (χ2n) is 4.48. The van der Waals surface area contributed by atoms with Crippen LogP contribution in [0.5, 0.6) is 0 Å². The van der Waals surface area contributed by atoms with Gasteiger partial charge in [0.15, 0.2) is 0 Å². The Labute approximate surface area is 110 Å². The van der Waals surface area contributed by atoms with E-state index >= 15 is 0 Å². The van der Waals surface area contributed by atoms with E-state index in [0.29, 0.717) is 11.8 Å². The summed E-state index contributed by atoms with van der Waals surface area (Å²) in [7, 11) is 0. The maximum absolute atomic E-state index is 11.8. The van der Waals surface area contributed by atoms with Crippen molar-refractivity contribution in [3.63, 3.8) is 0 Å². The summed E-state index contributed by atoms with van der Waals surface area (Å²) in [4.78, 5) is 22.4. The van der Waals surface area contributed by atoms with Crippen molar-refractivity contribution < 1.29 is 14.3 Å². The highest BCUT2D eigenvalue weighted by Crippen LogP contribution is 2.28. The molecule has 1 rings (SSSR count). The number of esters is 1. The summed E-state index contributed by atoms with van der Waals surface area (Å²) in [6, 6.07) is 2.75. The van der Waals surface area contributed by atoms with E-state index < -0.39 is 11.6 Å². The van der Waals surface area contributed by atoms with Gasteiger partial charge < -0.3 is 4.74 Å². The summed E-state index contributed by atoms with van der Waals surface area (Å²) in [5.41, 5.74) is -0.242. The summed E-state index contributed by atoms with van der Waals surface area (Å²) in [6.07, 6.45) is 0.608. The molecule has 17 heavy (non-hydrogen) atoms. The Morgan fingerprint density at radius 2 is 1.71 bits per heavy atom. The lowest BCUT2D eigenvalue weighted by atomic mass is 10.1. The van der Waals surface area contributed by atoms with Crippen molar-refractivity contribution >= 4 is 35.5 Å². The molecule has 0 aliphatic rings. The van der Waals surface area contributed by atoms with Gasteiger partial charge in [0.1, 0.15) is 11.9 Å². The van der Waals surface area contributed by atoms with E-state index in [-0.39, 0.29) is 15.6 Å². The standard InChI is InChI=1S/C12H12Cl2O3/c1-12(2,3)17-11(16)10-8(13)4-7(6-15)5-9(10)14/h4-6H,1-3H3. The van der Waals surface area contributed by atoms with Crippen molar-refractivity contribution in [1.82, 2.24) is 0 Å². The first-order valence-corrected chi connectivity index (χ1v) is 5.68. The molecule has 0 atom stereocenters. The average molecular weight is 275 g/mol. The zero-order valence-electron chi connectivity index (χ0n) is 9.71. The fourth-order valence-electron chi connectivity index (χ4n) is 1.18. The van der Waals surface area contributed by atoms with Crippen LogP contribution in [0.3, 0.4) is 0 Å². The van der Waals surface area contributed by atoms with E-state index in [1.165, 1.54) is 12.1 Å². The largest absolute Gasteiger partial charge is 0.456 e. The minimum atomic E-state index is -0.632. The van der Waals surface area contributed by atoms with Gasteiger partial charge >= 0.3 is 5.97 Å². The van der Waals surface area contributed by atoms with Crippen LogP contribution in [0.1, 0.15) is 41.5 Å². The Kier molecular flexibility index (Phi) is 4.17. The van der Waals surface area contributed by atoms with Crippen LogP contribution in [0.15, 0.2) is 12.1 Å². The normalized spacial score (nSPS) is 11.1. The van der Waals surface area contributed by atoms with Gasteiger partial charge in [-0.2, -0.15) is 0 Å². The molecule has 1 aromatic rings. The molecule has 0 spiro atoms. The van der Waals surface area contributed by atoms with Crippen LogP contribution in [-0.4, -0.2) is 17.9 Å². The number of aldehydes is 1. The fourth-order valence-corrected chi connectivity index (χ4v) is 1.84. The Hall–Kier alpha value is -1.06. The predicted molar refractivity (Wildman–Crippen MR) is 67.0 cm³/mol. The highest BCUT2D eigenvalue weighted by molar-refractivity contribution is 6.39. The van der Waals surface area contributed by atoms with Crippen molar-refractivity contribution in [2.24, 2.45) is 0 Å². The molecule has 92 valence electrons. The van der Waals surface area contributed by atoms with Crippen LogP contribution in [0.2, 0.25) is 10.0 Å². The first-order valence-electron chi connectivity index (χ1n) is 4.92. The van der Waals surface area contributed by atoms with Crippen LogP contribution in [0.4, 0.5) is 0 Å². The number of halogens is 2. The van der Waals surface area contributed by atoms with Crippen LogP contribution in [0.25, 0.3) is 0 Å². The quantitative estimate of drug-likeness (QED) is 0.609. The molecule has 0 radical (unpaired) electrons. The zero-order chi connectivity index (χ0) is 13.2. The lowest BCUT2D eigenvalue weighted by molar-refractivity contribution is 0.00698. The molecule has 0 aliphatic heterocycles. The third-order valence-electron chi connectivity index (χ3n) is 1.80. The smallest absolute Gasteiger partial charge is 0.341 e. The molecule has 0 saturated carbocycles. The minimum absolute atomic E-state index is 0.0776. The molecular weight excluding hydrogens is 263 g/mol. The molecule has 0 saturated heterocycles. The van der Waals surface area contributed by atoms with Gasteiger partial charge in [-0.1, -0.05) is 23.2 Å². The van der Waals surface area contributed by atoms with Crippen molar-refractivity contribution in [1.29, 1.82) is 0 Å². The monoisotopic (exact) mass is 274 g/mol. The maximum atomic E-state index is 11.8. The number of hydrogen-bond acceptors (Lipinski definition) is 3. The number of benzene rings is 1. The minimum Gasteiger partial charge on any atom is -0.456 e. The van der Waals surface area contributed by atoms with Gasteiger partial charge in [-0.25, -0.2) is 4.79 Å². The van der Waals surface area contributed by atoms with Gasteiger partial charge in [0.05, 0.1) is 15.6 Å². The number of carbonyl (C=O) groups is 2. The molecule has 5 heteroatoms. The topological polar surface area (TPSA) is 43.4 Å². The van der Waals surface area contributed by atoms with E-state index in [4.69, 9.17) is 27.9 Å². The van der Waals surface area contributed by atoms with E-state index in [1.54, 1.807) is 20.8 Å². The van der Waals surface area contributed by atoms with Crippen LogP contribution < -0.4 is 0 Å². The van der Waals surface area contributed by atoms with Crippen molar-refractivity contribution in [3.05, 3.63) is 33.3 Å². The lowest BCUT2D eigenvalue weighted by Gasteiger charge is -2.20. The molecular formula is C12H12Cl2O3. The average Bonchev–Trinajstić information content (AvgIpc) is 2.13. The van der Waals surface area contributed by atoms with E-state index in [1.807, 2.05) is 0 Å². The Morgan fingerprint density at radius 1 is 1.24 bits per heavy atom. The predicted octanol–water partition coefficient (Wildman–Crippen LogP) is 3.76. The SMILES string of the molecule is CC(C)(C)OC(=O)c1c(Cl)cc(C=O)cc1Cl. The van der Waals surface area contributed by atoms with Crippen LogP contribution in [0, 0.1) is 0 Å². The Morgan fingerprint density at radius 3 is 2.06 bits per heavy atom. The van der Waals surface area contributed by atoms with Gasteiger partial charge in [0.2, 0.25) is 0 Å². The summed E-state index contributed by atoms with van der Waals surface area (Å²) < 4.78 is 5.16. The first kappa shape index (κ1) is 14.0. The van der Waals surface area contributed by atoms with Crippen LogP contribution in [-0.2, 0) is 4.74 Å². The molecule has 0 aromatic heterocycles. The number of rotatable bonds is 2. The van der Waals surface area contributed by atoms with Gasteiger partial charge in [0, 0.05) is 5.56 Å². The maximum Gasteiger partial charge on any atom is 0.341 e. The molecule has 0 amide bonds. The molecule has 0 heterocycles. The Bertz CT molecular complexity index is 438.